The van der Waals surface area contributed by atoms with Gasteiger partial charge in [-0.15, -0.1) is 0 Å². The Kier molecular flexibility index (Phi) is 7.33. The van der Waals surface area contributed by atoms with Crippen molar-refractivity contribution in [2.75, 3.05) is 11.9 Å². The molecule has 1 aliphatic heterocycles. The molecule has 1 atom stereocenters. The quantitative estimate of drug-likeness (QED) is 0.360. The smallest absolute Gasteiger partial charge is 0.387 e. The molecule has 0 spiro atoms. The number of hydrogen-bond acceptors (Lipinski definition) is 6. The molecule has 184 valence electrons. The molecule has 0 saturated heterocycles. The van der Waals surface area contributed by atoms with E-state index in [-0.39, 0.29) is 29.0 Å². The fourth-order valence-corrected chi connectivity index (χ4v) is 3.80. The van der Waals surface area contributed by atoms with Crippen molar-refractivity contribution in [3.8, 4) is 5.75 Å². The van der Waals surface area contributed by atoms with Gasteiger partial charge in [0.05, 0.1) is 16.8 Å². The van der Waals surface area contributed by atoms with Crippen molar-refractivity contribution in [3.05, 3.63) is 95.6 Å². The molecular weight excluding hydrogens is 474 g/mol. The predicted molar refractivity (Wildman–Crippen MR) is 124 cm³/mol. The summed E-state index contributed by atoms with van der Waals surface area (Å²) < 4.78 is 34.7. The fraction of sp³-hybridized carbons (Fsp3) is 0.154. The van der Waals surface area contributed by atoms with E-state index < -0.39 is 43.0 Å². The molecule has 4 rings (SSSR count). The Hall–Kier alpha value is -4.60. The Balaban J connectivity index is 1.49. The fourth-order valence-electron chi connectivity index (χ4n) is 3.80. The molecule has 3 amide bonds. The first kappa shape index (κ1) is 24.5. The molecule has 10 heteroatoms. The summed E-state index contributed by atoms with van der Waals surface area (Å²) in [6.45, 7) is -3.88. The second-order valence-corrected chi connectivity index (χ2v) is 7.76. The second kappa shape index (κ2) is 10.8. The van der Waals surface area contributed by atoms with Crippen molar-refractivity contribution >= 4 is 29.4 Å². The van der Waals surface area contributed by atoms with Crippen LogP contribution in [0.5, 0.6) is 5.75 Å². The zero-order valence-corrected chi connectivity index (χ0v) is 18.7. The van der Waals surface area contributed by atoms with Crippen LogP contribution in [0, 0.1) is 0 Å². The summed E-state index contributed by atoms with van der Waals surface area (Å²) in [5, 5.41) is 2.34. The topological polar surface area (TPSA) is 102 Å². The summed E-state index contributed by atoms with van der Waals surface area (Å²) in [6, 6.07) is 19.1. The van der Waals surface area contributed by atoms with E-state index in [2.05, 4.69) is 10.1 Å². The van der Waals surface area contributed by atoms with Crippen LogP contribution in [0.1, 0.15) is 26.3 Å². The van der Waals surface area contributed by atoms with Crippen LogP contribution in [0.2, 0.25) is 0 Å². The van der Waals surface area contributed by atoms with Gasteiger partial charge in [0.15, 0.2) is 6.61 Å². The Bertz CT molecular complexity index is 1260. The molecule has 0 aliphatic carbocycles. The Morgan fingerprint density at radius 2 is 1.42 bits per heavy atom. The number of imide groups is 1. The van der Waals surface area contributed by atoms with Gasteiger partial charge in [0.1, 0.15) is 11.8 Å². The molecule has 0 bridgehead atoms. The predicted octanol–water partition coefficient (Wildman–Crippen LogP) is 3.68. The van der Waals surface area contributed by atoms with E-state index in [1.165, 1.54) is 36.4 Å². The lowest BCUT2D eigenvalue weighted by molar-refractivity contribution is -0.151. The summed E-state index contributed by atoms with van der Waals surface area (Å²) >= 11 is 0. The highest BCUT2D eigenvalue weighted by molar-refractivity contribution is 6.22. The van der Waals surface area contributed by atoms with Gasteiger partial charge in [-0.2, -0.15) is 8.78 Å². The van der Waals surface area contributed by atoms with Crippen molar-refractivity contribution in [2.24, 2.45) is 0 Å². The van der Waals surface area contributed by atoms with Gasteiger partial charge in [-0.25, -0.2) is 4.79 Å². The number of fused-ring (bicyclic) bond motifs is 1. The van der Waals surface area contributed by atoms with Gasteiger partial charge in [0.25, 0.3) is 17.7 Å². The van der Waals surface area contributed by atoms with Gasteiger partial charge >= 0.3 is 12.6 Å². The number of carbonyl (C=O) groups excluding carboxylic acids is 4. The molecule has 1 N–H and O–H groups in total. The lowest BCUT2D eigenvalue weighted by Gasteiger charge is -2.24. The van der Waals surface area contributed by atoms with E-state index in [9.17, 15) is 28.0 Å². The molecule has 0 radical (unpaired) electrons. The van der Waals surface area contributed by atoms with Crippen LogP contribution in [0.3, 0.4) is 0 Å². The number of ether oxygens (including phenoxy) is 2. The Morgan fingerprint density at radius 1 is 0.833 bits per heavy atom. The molecule has 1 aliphatic rings. The molecule has 0 unspecified atom stereocenters. The lowest BCUT2D eigenvalue weighted by Crippen LogP contribution is -2.47. The van der Waals surface area contributed by atoms with E-state index >= 15 is 0 Å². The van der Waals surface area contributed by atoms with Crippen LogP contribution in [0.25, 0.3) is 0 Å². The van der Waals surface area contributed by atoms with Crippen molar-refractivity contribution in [1.29, 1.82) is 0 Å². The highest BCUT2D eigenvalue weighted by Crippen LogP contribution is 2.27. The molecule has 0 fully saturated rings. The van der Waals surface area contributed by atoms with E-state index in [1.54, 1.807) is 42.5 Å². The number of carbonyl (C=O) groups is 4. The third-order valence-corrected chi connectivity index (χ3v) is 5.40. The standard InChI is InChI=1S/C26H20F2N2O6/c27-26(28)36-21-13-7-6-12-19(21)29-22(31)15-35-25(34)20(14-16-8-2-1-3-9-16)30-23(32)17-10-4-5-11-18(17)24(30)33/h1-13,20,26H,14-15H2,(H,29,31)/t20-/m0/s1. The summed E-state index contributed by atoms with van der Waals surface area (Å²) in [4.78, 5) is 52.3. The van der Waals surface area contributed by atoms with E-state index in [4.69, 9.17) is 4.74 Å². The van der Waals surface area contributed by atoms with Gasteiger partial charge in [0.2, 0.25) is 0 Å². The third-order valence-electron chi connectivity index (χ3n) is 5.40. The largest absolute Gasteiger partial charge is 0.454 e. The maximum absolute atomic E-state index is 13.1. The number of anilines is 1. The molecular formula is C26H20F2N2O6. The number of para-hydroxylation sites is 2. The molecule has 3 aromatic carbocycles. The normalized spacial score (nSPS) is 13.4. The molecule has 8 nitrogen and oxygen atoms in total. The maximum Gasteiger partial charge on any atom is 0.387 e. The average molecular weight is 494 g/mol. The Labute approximate surface area is 204 Å². The van der Waals surface area contributed by atoms with E-state index in [0.717, 1.165) is 4.90 Å². The number of hydrogen-bond donors (Lipinski definition) is 1. The summed E-state index contributed by atoms with van der Waals surface area (Å²) in [5.41, 5.74) is 0.960. The van der Waals surface area contributed by atoms with E-state index in [0.29, 0.717) is 5.56 Å². The first-order valence-electron chi connectivity index (χ1n) is 10.9. The lowest BCUT2D eigenvalue weighted by atomic mass is 10.0. The minimum absolute atomic E-state index is 0.0299. The van der Waals surface area contributed by atoms with Crippen molar-refractivity contribution < 1.29 is 37.4 Å². The Morgan fingerprint density at radius 3 is 2.06 bits per heavy atom. The number of alkyl halides is 2. The molecule has 3 aromatic rings. The van der Waals surface area contributed by atoms with E-state index in [1.807, 2.05) is 0 Å². The minimum Gasteiger partial charge on any atom is -0.454 e. The van der Waals surface area contributed by atoms with Crippen molar-refractivity contribution in [2.45, 2.75) is 19.1 Å². The zero-order valence-electron chi connectivity index (χ0n) is 18.7. The monoisotopic (exact) mass is 494 g/mol. The number of rotatable bonds is 9. The van der Waals surface area contributed by atoms with Crippen LogP contribution in [0.15, 0.2) is 78.9 Å². The molecule has 1 heterocycles. The van der Waals surface area contributed by atoms with Gasteiger partial charge in [0, 0.05) is 6.42 Å². The minimum atomic E-state index is -3.10. The first-order valence-corrected chi connectivity index (χ1v) is 10.9. The second-order valence-electron chi connectivity index (χ2n) is 7.76. The highest BCUT2D eigenvalue weighted by atomic mass is 19.3. The number of halogens is 2. The van der Waals surface area contributed by atoms with Gasteiger partial charge in [-0.05, 0) is 29.8 Å². The number of benzene rings is 3. The summed E-state index contributed by atoms with van der Waals surface area (Å²) in [6.07, 6.45) is -0.0299. The summed E-state index contributed by atoms with van der Waals surface area (Å²) in [7, 11) is 0. The maximum atomic E-state index is 13.1. The first-order chi connectivity index (χ1) is 17.3. The number of nitrogens with zero attached hydrogens (tertiary/aromatic N) is 1. The molecule has 0 saturated carbocycles. The number of nitrogens with one attached hydrogen (secondary N) is 1. The number of amides is 3. The zero-order chi connectivity index (χ0) is 25.7. The van der Waals surface area contributed by atoms with Crippen molar-refractivity contribution in [3.63, 3.8) is 0 Å². The van der Waals surface area contributed by atoms with Crippen LogP contribution in [0.4, 0.5) is 14.5 Å². The van der Waals surface area contributed by atoms with Gasteiger partial charge in [-0.1, -0.05) is 54.6 Å². The number of esters is 1. The SMILES string of the molecule is O=C(COC(=O)[C@H](Cc1ccccc1)N1C(=O)c2ccccc2C1=O)Nc1ccccc1OC(F)F. The van der Waals surface area contributed by atoms with Gasteiger partial charge < -0.3 is 14.8 Å². The summed E-state index contributed by atoms with van der Waals surface area (Å²) in [5.74, 6) is -3.35. The molecule has 0 aromatic heterocycles. The van der Waals surface area contributed by atoms with Crippen LogP contribution in [-0.2, 0) is 20.7 Å². The highest BCUT2D eigenvalue weighted by Gasteiger charge is 2.43. The molecule has 36 heavy (non-hydrogen) atoms. The van der Waals surface area contributed by atoms with Gasteiger partial charge in [-0.3, -0.25) is 19.3 Å². The average Bonchev–Trinajstić information content (AvgIpc) is 3.12. The third kappa shape index (κ3) is 5.38. The van der Waals surface area contributed by atoms with Crippen LogP contribution >= 0.6 is 0 Å². The van der Waals surface area contributed by atoms with Crippen LogP contribution < -0.4 is 10.1 Å². The van der Waals surface area contributed by atoms with Crippen LogP contribution in [-0.4, -0.2) is 47.9 Å². The van der Waals surface area contributed by atoms with Crippen molar-refractivity contribution in [1.82, 2.24) is 4.90 Å².